The van der Waals surface area contributed by atoms with Gasteiger partial charge in [-0.05, 0) is 59.7 Å². The summed E-state index contributed by atoms with van der Waals surface area (Å²) in [7, 11) is 0. The summed E-state index contributed by atoms with van der Waals surface area (Å²) in [4.78, 5) is 12.6. The van der Waals surface area contributed by atoms with E-state index in [1.165, 1.54) is 17.0 Å². The molecule has 4 aromatic rings. The van der Waals surface area contributed by atoms with Gasteiger partial charge in [-0.3, -0.25) is 4.90 Å². The number of alkyl halides is 3. The molecule has 3 saturated heterocycles. The molecule has 15 heteroatoms. The van der Waals surface area contributed by atoms with Crippen LogP contribution in [0.15, 0.2) is 18.2 Å². The van der Waals surface area contributed by atoms with Crippen molar-refractivity contribution in [1.82, 2.24) is 14.9 Å². The van der Waals surface area contributed by atoms with Crippen LogP contribution in [-0.2, 0) is 4.74 Å². The van der Waals surface area contributed by atoms with Crippen LogP contribution in [0.3, 0.4) is 0 Å². The molecule has 4 aliphatic heterocycles. The van der Waals surface area contributed by atoms with Crippen LogP contribution in [0, 0.1) is 15.2 Å². The number of rotatable bonds is 6. The Kier molecular flexibility index (Phi) is 7.18. The number of nitrogen functional groups attached to an aromatic ring is 1. The number of nitrogens with zero attached hydrogens (tertiary/aromatic N) is 4. The number of hydrogen-bond donors (Lipinski definition) is 1. The molecule has 45 heavy (non-hydrogen) atoms. The summed E-state index contributed by atoms with van der Waals surface area (Å²) in [5.41, 5.74) is 5.78. The summed E-state index contributed by atoms with van der Waals surface area (Å²) < 4.78 is 93.3. The number of anilines is 2. The van der Waals surface area contributed by atoms with Gasteiger partial charge in [0.25, 0.3) is 6.43 Å². The Hall–Kier alpha value is -2.76. The highest BCUT2D eigenvalue weighted by Gasteiger charge is 2.50. The Morgan fingerprint density at radius 3 is 2.89 bits per heavy atom. The van der Waals surface area contributed by atoms with Gasteiger partial charge in [0.1, 0.15) is 41.8 Å². The molecule has 0 saturated carbocycles. The minimum absolute atomic E-state index is 0.0475. The normalized spacial score (nSPS) is 26.1. The van der Waals surface area contributed by atoms with Crippen molar-refractivity contribution in [1.29, 1.82) is 0 Å². The van der Waals surface area contributed by atoms with Crippen molar-refractivity contribution in [2.24, 2.45) is 0 Å². The van der Waals surface area contributed by atoms with Gasteiger partial charge >= 0.3 is 6.01 Å². The second-order valence-electron chi connectivity index (χ2n) is 12.0. The first-order chi connectivity index (χ1) is 21.6. The third-order valence-electron chi connectivity index (χ3n) is 9.37. The highest BCUT2D eigenvalue weighted by Crippen LogP contribution is 2.50. The van der Waals surface area contributed by atoms with Crippen molar-refractivity contribution in [2.45, 2.75) is 49.5 Å². The van der Waals surface area contributed by atoms with E-state index in [1.807, 2.05) is 22.6 Å². The number of aromatic nitrogens is 2. The Bertz CT molecular complexity index is 1850. The molecule has 0 radical (unpaired) electrons. The van der Waals surface area contributed by atoms with E-state index in [-0.39, 0.29) is 58.6 Å². The molecule has 3 fully saturated rings. The summed E-state index contributed by atoms with van der Waals surface area (Å²) in [6.45, 7) is 0.653. The molecule has 238 valence electrons. The highest BCUT2D eigenvalue weighted by molar-refractivity contribution is 14.1. The van der Waals surface area contributed by atoms with Crippen LogP contribution in [0.25, 0.3) is 32.1 Å². The van der Waals surface area contributed by atoms with Crippen molar-refractivity contribution >= 4 is 65.7 Å². The van der Waals surface area contributed by atoms with Gasteiger partial charge in [0.05, 0.1) is 50.0 Å². The van der Waals surface area contributed by atoms with Crippen molar-refractivity contribution in [3.05, 3.63) is 33.4 Å². The highest BCUT2D eigenvalue weighted by atomic mass is 127. The first-order valence-corrected chi connectivity index (χ1v) is 16.5. The number of halogens is 6. The van der Waals surface area contributed by atoms with Crippen molar-refractivity contribution in [3.8, 4) is 22.9 Å². The number of ether oxygens (including phenoxy) is 3. The molecular formula is C30H27F5IN5O3S. The molecule has 2 N–H and O–H groups in total. The van der Waals surface area contributed by atoms with E-state index in [2.05, 4.69) is 14.9 Å². The van der Waals surface area contributed by atoms with E-state index >= 15 is 4.39 Å². The minimum Gasteiger partial charge on any atom is -0.484 e. The number of fused-ring (bicyclic) bond motifs is 3. The lowest BCUT2D eigenvalue weighted by Crippen LogP contribution is -2.47. The molecule has 0 aliphatic carbocycles. The summed E-state index contributed by atoms with van der Waals surface area (Å²) in [6, 6.07) is 3.47. The molecule has 2 unspecified atom stereocenters. The molecule has 4 aliphatic rings. The van der Waals surface area contributed by atoms with Crippen LogP contribution in [0.1, 0.15) is 19.3 Å². The minimum atomic E-state index is -2.74. The summed E-state index contributed by atoms with van der Waals surface area (Å²) in [6.07, 6.45) is -2.48. The molecular weight excluding hydrogens is 732 g/mol. The second kappa shape index (κ2) is 10.9. The fraction of sp³-hybridized carbons (Fsp3) is 0.467. The maximum atomic E-state index is 17.0. The smallest absolute Gasteiger partial charge is 0.319 e. The third-order valence-corrected chi connectivity index (χ3v) is 11.4. The predicted molar refractivity (Wildman–Crippen MR) is 168 cm³/mol. The maximum absolute atomic E-state index is 17.0. The van der Waals surface area contributed by atoms with Crippen molar-refractivity contribution in [3.63, 3.8) is 0 Å². The topological polar surface area (TPSA) is 86.0 Å². The first-order valence-electron chi connectivity index (χ1n) is 14.7. The van der Waals surface area contributed by atoms with Crippen LogP contribution in [0.2, 0.25) is 0 Å². The van der Waals surface area contributed by atoms with Gasteiger partial charge < -0.3 is 24.8 Å². The second-order valence-corrected chi connectivity index (χ2v) is 14.2. The largest absolute Gasteiger partial charge is 0.484 e. The fourth-order valence-corrected chi connectivity index (χ4v) is 9.22. The average molecular weight is 760 g/mol. The zero-order valence-corrected chi connectivity index (χ0v) is 26.6. The van der Waals surface area contributed by atoms with E-state index in [1.54, 1.807) is 6.07 Å². The summed E-state index contributed by atoms with van der Waals surface area (Å²) in [5, 5.41) is 0.916. The number of hydrogen-bond acceptors (Lipinski definition) is 9. The quantitative estimate of drug-likeness (QED) is 0.185. The lowest BCUT2D eigenvalue weighted by Gasteiger charge is -2.32. The van der Waals surface area contributed by atoms with Crippen LogP contribution in [0.5, 0.6) is 11.8 Å². The van der Waals surface area contributed by atoms with Crippen LogP contribution < -0.4 is 20.1 Å². The van der Waals surface area contributed by atoms with Gasteiger partial charge in [-0.1, -0.05) is 6.07 Å². The van der Waals surface area contributed by atoms with E-state index in [9.17, 15) is 17.6 Å². The van der Waals surface area contributed by atoms with Gasteiger partial charge in [0, 0.05) is 23.9 Å². The summed E-state index contributed by atoms with van der Waals surface area (Å²) in [5.74, 6) is -0.986. The third kappa shape index (κ3) is 4.70. The summed E-state index contributed by atoms with van der Waals surface area (Å²) >= 11 is 3.02. The van der Waals surface area contributed by atoms with Gasteiger partial charge in [0.2, 0.25) is 0 Å². The lowest BCUT2D eigenvalue weighted by molar-refractivity contribution is 0.107. The molecule has 4 atom stereocenters. The van der Waals surface area contributed by atoms with Gasteiger partial charge in [-0.2, -0.15) is 9.97 Å². The van der Waals surface area contributed by atoms with Gasteiger partial charge in [-0.15, -0.1) is 11.3 Å². The van der Waals surface area contributed by atoms with Crippen LogP contribution in [-0.4, -0.2) is 84.6 Å². The van der Waals surface area contributed by atoms with E-state index in [4.69, 9.17) is 19.9 Å². The van der Waals surface area contributed by atoms with Crippen LogP contribution in [0.4, 0.5) is 32.8 Å². The predicted octanol–water partition coefficient (Wildman–Crippen LogP) is 6.16. The Morgan fingerprint density at radius 2 is 2.07 bits per heavy atom. The molecule has 2 aromatic carbocycles. The van der Waals surface area contributed by atoms with Gasteiger partial charge in [0.15, 0.2) is 5.82 Å². The number of nitrogens with two attached hydrogens (primary N) is 1. The SMILES string of the molecule is Nc1cc2c(-c3c(I)c4c5c(nc(OC[C@@]67CCCN6C[C@H](F)C7)nc5c3F)N(CC(F)F)C3COCC3O4)ccc(F)c2s1. The maximum Gasteiger partial charge on any atom is 0.319 e. The molecule has 8 rings (SSSR count). The molecule has 0 bridgehead atoms. The number of thiophene rings is 1. The van der Waals surface area contributed by atoms with Crippen LogP contribution >= 0.6 is 33.9 Å². The molecule has 8 nitrogen and oxygen atoms in total. The standard InChI is InChI=1S/C30H27F5IN5O3S/c31-13-7-30(4-1-5-40(30)8-13)12-43-29-38-25-22-26(44-18-11-42-10-17(18)41(9-19(33)34)28(22)39-29)24(36)21(23(25)35)14-2-3-16(32)27-15(14)6-20(37)45-27/h2-3,6,13,17-19H,1,4-5,7-12,37H2/t13-,17?,18?,30+/m1/s1. The zero-order valence-electron chi connectivity index (χ0n) is 23.7. The monoisotopic (exact) mass is 759 g/mol. The molecule has 2 aromatic heterocycles. The van der Waals surface area contributed by atoms with E-state index in [0.29, 0.717) is 32.5 Å². The van der Waals surface area contributed by atoms with Crippen molar-refractivity contribution < 1.29 is 36.2 Å². The Morgan fingerprint density at radius 1 is 1.22 bits per heavy atom. The Balaban J connectivity index is 1.35. The lowest BCUT2D eigenvalue weighted by atomic mass is 9.95. The molecule has 0 amide bonds. The molecule has 6 heterocycles. The van der Waals surface area contributed by atoms with Crippen molar-refractivity contribution in [2.75, 3.05) is 50.1 Å². The number of benzene rings is 2. The Labute approximate surface area is 271 Å². The van der Waals surface area contributed by atoms with Gasteiger partial charge in [-0.25, -0.2) is 22.0 Å². The first kappa shape index (κ1) is 29.6. The molecule has 0 spiro atoms. The fourth-order valence-electron chi connectivity index (χ4n) is 7.44. The average Bonchev–Trinajstić information content (AvgIpc) is 3.76. The zero-order chi connectivity index (χ0) is 31.2. The van der Waals surface area contributed by atoms with E-state index < -0.39 is 48.5 Å². The van der Waals surface area contributed by atoms with E-state index in [0.717, 1.165) is 30.7 Å².